The van der Waals surface area contributed by atoms with Crippen molar-refractivity contribution < 1.29 is 17.9 Å². The Morgan fingerprint density at radius 2 is 1.50 bits per heavy atom. The molecule has 3 rings (SSSR count). The van der Waals surface area contributed by atoms with E-state index in [-0.39, 0.29) is 10.8 Å². The number of sulfonamides is 1. The highest BCUT2D eigenvalue weighted by atomic mass is 32.2. The van der Waals surface area contributed by atoms with Crippen LogP contribution in [0.1, 0.15) is 24.2 Å². The molecule has 162 valence electrons. The van der Waals surface area contributed by atoms with Gasteiger partial charge < -0.3 is 14.5 Å². The van der Waals surface area contributed by atoms with Gasteiger partial charge in [-0.25, -0.2) is 8.42 Å². The van der Waals surface area contributed by atoms with E-state index in [9.17, 15) is 13.2 Å². The third-order valence-corrected chi connectivity index (χ3v) is 7.51. The van der Waals surface area contributed by atoms with E-state index in [0.29, 0.717) is 31.7 Å². The fourth-order valence-corrected chi connectivity index (χ4v) is 5.08. The number of methoxy groups -OCH3 is 1. The molecule has 0 spiro atoms. The number of piperazine rings is 1. The second kappa shape index (κ2) is 9.49. The lowest BCUT2D eigenvalue weighted by Crippen LogP contribution is -2.48. The number of hydrogen-bond donors (Lipinski definition) is 0. The summed E-state index contributed by atoms with van der Waals surface area (Å²) in [7, 11) is -1.87. The molecule has 0 saturated carbocycles. The van der Waals surface area contributed by atoms with Gasteiger partial charge in [-0.05, 0) is 48.5 Å². The zero-order chi connectivity index (χ0) is 21.7. The SMILES string of the molecule is CCN(CC)S(=O)(=O)c1ccc(C(=O)N2CCN(c3ccc(OC)cc3)CC2)cc1. The number of rotatable bonds is 7. The molecule has 0 radical (unpaired) electrons. The van der Waals surface area contributed by atoms with Crippen molar-refractivity contribution in [2.24, 2.45) is 0 Å². The standard InChI is InChI=1S/C22H29N3O4S/c1-4-25(5-2)30(27,28)21-12-6-18(7-13-21)22(26)24-16-14-23(15-17-24)19-8-10-20(29-3)11-9-19/h6-13H,4-5,14-17H2,1-3H3. The van der Waals surface area contributed by atoms with E-state index in [4.69, 9.17) is 4.74 Å². The zero-order valence-electron chi connectivity index (χ0n) is 17.7. The molecule has 1 aliphatic heterocycles. The summed E-state index contributed by atoms with van der Waals surface area (Å²) in [6.07, 6.45) is 0. The van der Waals surface area contributed by atoms with E-state index in [0.717, 1.165) is 24.5 Å². The molecule has 0 aromatic heterocycles. The van der Waals surface area contributed by atoms with Crippen molar-refractivity contribution in [1.29, 1.82) is 0 Å². The topological polar surface area (TPSA) is 70.2 Å². The summed E-state index contributed by atoms with van der Waals surface area (Å²) in [5.74, 6) is 0.746. The number of anilines is 1. The van der Waals surface area contributed by atoms with E-state index in [1.807, 2.05) is 43.0 Å². The molecule has 0 atom stereocenters. The molecule has 2 aromatic carbocycles. The van der Waals surface area contributed by atoms with Crippen LogP contribution < -0.4 is 9.64 Å². The fourth-order valence-electron chi connectivity index (χ4n) is 3.63. The van der Waals surface area contributed by atoms with E-state index in [2.05, 4.69) is 4.90 Å². The Morgan fingerprint density at radius 1 is 0.933 bits per heavy atom. The summed E-state index contributed by atoms with van der Waals surface area (Å²) in [4.78, 5) is 17.1. The van der Waals surface area contributed by atoms with Crippen LogP contribution in [0.25, 0.3) is 0 Å². The summed E-state index contributed by atoms with van der Waals surface area (Å²) in [6.45, 7) is 7.17. The second-order valence-electron chi connectivity index (χ2n) is 7.09. The fraction of sp³-hybridized carbons (Fsp3) is 0.409. The summed E-state index contributed by atoms with van der Waals surface area (Å²) >= 11 is 0. The average Bonchev–Trinajstić information content (AvgIpc) is 2.79. The number of carbonyl (C=O) groups is 1. The number of nitrogens with zero attached hydrogens (tertiary/aromatic N) is 3. The molecule has 1 fully saturated rings. The van der Waals surface area contributed by atoms with Crippen LogP contribution >= 0.6 is 0 Å². The van der Waals surface area contributed by atoms with Gasteiger partial charge in [0.2, 0.25) is 10.0 Å². The summed E-state index contributed by atoms with van der Waals surface area (Å²) in [6, 6.07) is 14.2. The largest absolute Gasteiger partial charge is 0.497 e. The molecule has 2 aromatic rings. The van der Waals surface area contributed by atoms with Crippen LogP contribution in [0.2, 0.25) is 0 Å². The van der Waals surface area contributed by atoms with Crippen molar-refractivity contribution in [2.75, 3.05) is 51.3 Å². The van der Waals surface area contributed by atoms with E-state index >= 15 is 0 Å². The highest BCUT2D eigenvalue weighted by Gasteiger charge is 2.24. The molecule has 1 aliphatic rings. The van der Waals surface area contributed by atoms with E-state index in [1.165, 1.54) is 16.4 Å². The first kappa shape index (κ1) is 22.1. The maximum absolute atomic E-state index is 12.9. The monoisotopic (exact) mass is 431 g/mol. The van der Waals surface area contributed by atoms with E-state index < -0.39 is 10.0 Å². The highest BCUT2D eigenvalue weighted by Crippen LogP contribution is 2.22. The Kier molecular flexibility index (Phi) is 6.99. The van der Waals surface area contributed by atoms with Crippen molar-refractivity contribution in [1.82, 2.24) is 9.21 Å². The molecule has 1 saturated heterocycles. The zero-order valence-corrected chi connectivity index (χ0v) is 18.6. The first-order chi connectivity index (χ1) is 14.4. The van der Waals surface area contributed by atoms with Gasteiger partial charge in [0.25, 0.3) is 5.91 Å². The van der Waals surface area contributed by atoms with Gasteiger partial charge in [-0.15, -0.1) is 0 Å². The van der Waals surface area contributed by atoms with E-state index in [1.54, 1.807) is 19.2 Å². The van der Waals surface area contributed by atoms with Gasteiger partial charge in [0.15, 0.2) is 0 Å². The molecule has 0 aliphatic carbocycles. The van der Waals surface area contributed by atoms with Crippen molar-refractivity contribution in [3.8, 4) is 5.75 Å². The lowest BCUT2D eigenvalue weighted by atomic mass is 10.1. The molecular formula is C22H29N3O4S. The number of benzene rings is 2. The second-order valence-corrected chi connectivity index (χ2v) is 9.03. The Hall–Kier alpha value is -2.58. The molecule has 0 bridgehead atoms. The Labute approximate surface area is 178 Å². The predicted molar refractivity (Wildman–Crippen MR) is 118 cm³/mol. The molecule has 1 heterocycles. The maximum Gasteiger partial charge on any atom is 0.253 e. The summed E-state index contributed by atoms with van der Waals surface area (Å²) < 4.78 is 31.8. The van der Waals surface area contributed by atoms with Gasteiger partial charge in [0, 0.05) is 50.5 Å². The Morgan fingerprint density at radius 3 is 2.00 bits per heavy atom. The lowest BCUT2D eigenvalue weighted by Gasteiger charge is -2.36. The predicted octanol–water partition coefficient (Wildman–Crippen LogP) is 2.69. The van der Waals surface area contributed by atoms with Gasteiger partial charge in [-0.1, -0.05) is 13.8 Å². The Bertz CT molecular complexity index is 947. The first-order valence-corrected chi connectivity index (χ1v) is 11.6. The Balaban J connectivity index is 1.63. The number of ether oxygens (including phenoxy) is 1. The quantitative estimate of drug-likeness (QED) is 0.674. The normalized spacial score (nSPS) is 14.8. The van der Waals surface area contributed by atoms with Crippen LogP contribution in [0.15, 0.2) is 53.4 Å². The van der Waals surface area contributed by atoms with Crippen molar-refractivity contribution >= 4 is 21.6 Å². The van der Waals surface area contributed by atoms with Gasteiger partial charge in [0.05, 0.1) is 12.0 Å². The van der Waals surface area contributed by atoms with Gasteiger partial charge in [-0.2, -0.15) is 4.31 Å². The van der Waals surface area contributed by atoms with Crippen LogP contribution in [-0.4, -0.2) is 69.9 Å². The minimum atomic E-state index is -3.52. The molecule has 0 unspecified atom stereocenters. The summed E-state index contributed by atoms with van der Waals surface area (Å²) in [5.41, 5.74) is 1.61. The van der Waals surface area contributed by atoms with Crippen LogP contribution in [0.3, 0.4) is 0 Å². The molecular weight excluding hydrogens is 402 g/mol. The molecule has 30 heavy (non-hydrogen) atoms. The molecule has 7 nitrogen and oxygen atoms in total. The number of carbonyl (C=O) groups excluding carboxylic acids is 1. The summed E-state index contributed by atoms with van der Waals surface area (Å²) in [5, 5.41) is 0. The maximum atomic E-state index is 12.9. The molecule has 1 amide bonds. The van der Waals surface area contributed by atoms with Crippen LogP contribution in [0.5, 0.6) is 5.75 Å². The lowest BCUT2D eigenvalue weighted by molar-refractivity contribution is 0.0746. The highest BCUT2D eigenvalue weighted by molar-refractivity contribution is 7.89. The van der Waals surface area contributed by atoms with Crippen molar-refractivity contribution in [3.63, 3.8) is 0 Å². The molecule has 8 heteroatoms. The molecule has 0 N–H and O–H groups in total. The van der Waals surface area contributed by atoms with Crippen LogP contribution in [0, 0.1) is 0 Å². The van der Waals surface area contributed by atoms with Crippen LogP contribution in [-0.2, 0) is 10.0 Å². The average molecular weight is 432 g/mol. The third kappa shape index (κ3) is 4.60. The number of hydrogen-bond acceptors (Lipinski definition) is 5. The minimum absolute atomic E-state index is 0.0730. The van der Waals surface area contributed by atoms with Crippen molar-refractivity contribution in [2.45, 2.75) is 18.7 Å². The number of amides is 1. The first-order valence-electron chi connectivity index (χ1n) is 10.2. The smallest absolute Gasteiger partial charge is 0.253 e. The van der Waals surface area contributed by atoms with Gasteiger partial charge in [0.1, 0.15) is 5.75 Å². The third-order valence-electron chi connectivity index (χ3n) is 5.45. The van der Waals surface area contributed by atoms with Crippen LogP contribution in [0.4, 0.5) is 5.69 Å². The van der Waals surface area contributed by atoms with Gasteiger partial charge >= 0.3 is 0 Å². The van der Waals surface area contributed by atoms with Crippen molar-refractivity contribution in [3.05, 3.63) is 54.1 Å². The minimum Gasteiger partial charge on any atom is -0.497 e. The van der Waals surface area contributed by atoms with Gasteiger partial charge in [-0.3, -0.25) is 4.79 Å².